The minimum Gasteiger partial charge on any atom is -0.325 e. The van der Waals surface area contributed by atoms with Crippen molar-refractivity contribution in [2.75, 3.05) is 18.9 Å². The van der Waals surface area contributed by atoms with Gasteiger partial charge in [-0.3, -0.25) is 14.3 Å². The smallest absolute Gasteiger partial charge is 0.238 e. The molecule has 0 atom stereocenters. The standard InChI is InChI=1S/C18H20ClN5OS2/c1-3-23-17(15-5-4-10-27-15)21-24(18(23)26)12-22(2)11-16(25)20-14-8-6-13(19)7-9-14/h4-10H,3,11-12H2,1-2H3,(H,20,25). The highest BCUT2D eigenvalue weighted by Gasteiger charge is 2.14. The van der Waals surface area contributed by atoms with Gasteiger partial charge in [0.15, 0.2) is 10.6 Å². The fourth-order valence-electron chi connectivity index (χ4n) is 2.66. The Bertz CT molecular complexity index is 963. The predicted octanol–water partition coefficient (Wildman–Crippen LogP) is 4.34. The van der Waals surface area contributed by atoms with Gasteiger partial charge in [-0.15, -0.1) is 16.4 Å². The molecular weight excluding hydrogens is 402 g/mol. The lowest BCUT2D eigenvalue weighted by Gasteiger charge is -2.16. The molecule has 0 unspecified atom stereocenters. The number of thiophene rings is 1. The van der Waals surface area contributed by atoms with E-state index in [4.69, 9.17) is 23.8 Å². The fourth-order valence-corrected chi connectivity index (χ4v) is 3.82. The minimum absolute atomic E-state index is 0.111. The van der Waals surface area contributed by atoms with Crippen LogP contribution in [0.15, 0.2) is 41.8 Å². The molecule has 0 saturated heterocycles. The van der Waals surface area contributed by atoms with E-state index in [-0.39, 0.29) is 12.5 Å². The van der Waals surface area contributed by atoms with Crippen molar-refractivity contribution in [1.82, 2.24) is 19.2 Å². The number of anilines is 1. The number of hydrogen-bond donors (Lipinski definition) is 1. The molecule has 3 rings (SSSR count). The largest absolute Gasteiger partial charge is 0.325 e. The molecule has 0 radical (unpaired) electrons. The molecule has 2 aromatic heterocycles. The number of benzene rings is 1. The van der Waals surface area contributed by atoms with Crippen LogP contribution in [-0.2, 0) is 18.0 Å². The molecule has 0 fully saturated rings. The van der Waals surface area contributed by atoms with Crippen molar-refractivity contribution in [3.05, 3.63) is 51.6 Å². The second kappa shape index (κ2) is 8.79. The maximum Gasteiger partial charge on any atom is 0.238 e. The first-order valence-electron chi connectivity index (χ1n) is 8.43. The molecule has 27 heavy (non-hydrogen) atoms. The molecule has 1 aromatic carbocycles. The molecule has 0 aliphatic heterocycles. The first-order valence-corrected chi connectivity index (χ1v) is 10.1. The van der Waals surface area contributed by atoms with E-state index in [1.54, 1.807) is 40.3 Å². The number of amides is 1. The highest BCUT2D eigenvalue weighted by molar-refractivity contribution is 7.71. The van der Waals surface area contributed by atoms with E-state index in [1.165, 1.54) is 0 Å². The van der Waals surface area contributed by atoms with Gasteiger partial charge in [0.25, 0.3) is 0 Å². The Morgan fingerprint density at radius 1 is 1.33 bits per heavy atom. The van der Waals surface area contributed by atoms with Crippen LogP contribution >= 0.6 is 35.2 Å². The molecule has 3 aromatic rings. The number of rotatable bonds is 7. The normalized spacial score (nSPS) is 11.1. The molecular formula is C18H20ClN5OS2. The molecule has 9 heteroatoms. The zero-order valence-electron chi connectivity index (χ0n) is 15.1. The molecule has 0 aliphatic carbocycles. The molecule has 0 spiro atoms. The van der Waals surface area contributed by atoms with Gasteiger partial charge in [-0.05, 0) is 61.9 Å². The van der Waals surface area contributed by atoms with E-state index in [2.05, 4.69) is 10.4 Å². The highest BCUT2D eigenvalue weighted by Crippen LogP contribution is 2.23. The van der Waals surface area contributed by atoms with Crippen LogP contribution in [0.1, 0.15) is 6.92 Å². The van der Waals surface area contributed by atoms with Gasteiger partial charge in [-0.1, -0.05) is 17.7 Å². The highest BCUT2D eigenvalue weighted by atomic mass is 35.5. The summed E-state index contributed by atoms with van der Waals surface area (Å²) in [5.74, 6) is 0.747. The summed E-state index contributed by atoms with van der Waals surface area (Å²) in [5, 5.41) is 10.2. The zero-order valence-corrected chi connectivity index (χ0v) is 17.4. The maximum atomic E-state index is 12.3. The van der Waals surface area contributed by atoms with Crippen LogP contribution in [-0.4, -0.2) is 38.7 Å². The van der Waals surface area contributed by atoms with Crippen LogP contribution in [0.25, 0.3) is 10.7 Å². The molecule has 1 amide bonds. The number of carbonyl (C=O) groups excluding carboxylic acids is 1. The second-order valence-corrected chi connectivity index (χ2v) is 7.79. The first-order chi connectivity index (χ1) is 13.0. The first kappa shape index (κ1) is 19.8. The Morgan fingerprint density at radius 2 is 2.07 bits per heavy atom. The summed E-state index contributed by atoms with van der Waals surface area (Å²) >= 11 is 13.1. The van der Waals surface area contributed by atoms with E-state index in [9.17, 15) is 4.79 Å². The summed E-state index contributed by atoms with van der Waals surface area (Å²) in [6.07, 6.45) is 0. The number of carbonyl (C=O) groups is 1. The van der Waals surface area contributed by atoms with Crippen molar-refractivity contribution in [3.63, 3.8) is 0 Å². The van der Waals surface area contributed by atoms with Crippen molar-refractivity contribution in [3.8, 4) is 10.7 Å². The van der Waals surface area contributed by atoms with Crippen LogP contribution in [0.5, 0.6) is 0 Å². The third-order valence-corrected chi connectivity index (χ3v) is 5.45. The molecule has 142 valence electrons. The average Bonchev–Trinajstić information content (AvgIpc) is 3.25. The summed E-state index contributed by atoms with van der Waals surface area (Å²) < 4.78 is 4.40. The monoisotopic (exact) mass is 421 g/mol. The van der Waals surface area contributed by atoms with Crippen molar-refractivity contribution in [1.29, 1.82) is 0 Å². The van der Waals surface area contributed by atoms with E-state index in [1.807, 2.05) is 41.0 Å². The SMILES string of the molecule is CCn1c(-c2cccs2)nn(CN(C)CC(=O)Nc2ccc(Cl)cc2)c1=S. The van der Waals surface area contributed by atoms with Gasteiger partial charge in [0.05, 0.1) is 18.1 Å². The fraction of sp³-hybridized carbons (Fsp3) is 0.278. The van der Waals surface area contributed by atoms with Gasteiger partial charge >= 0.3 is 0 Å². The van der Waals surface area contributed by atoms with Crippen LogP contribution < -0.4 is 5.32 Å². The molecule has 2 heterocycles. The number of hydrogen-bond acceptors (Lipinski definition) is 5. The second-order valence-electron chi connectivity index (χ2n) is 6.04. The summed E-state index contributed by atoms with van der Waals surface area (Å²) in [6.45, 7) is 3.44. The summed E-state index contributed by atoms with van der Waals surface area (Å²) in [7, 11) is 1.86. The molecule has 0 saturated carbocycles. The Hall–Kier alpha value is -2.00. The van der Waals surface area contributed by atoms with Crippen molar-refractivity contribution in [2.24, 2.45) is 0 Å². The van der Waals surface area contributed by atoms with Gasteiger partial charge in [-0.2, -0.15) is 0 Å². The average molecular weight is 422 g/mol. The Morgan fingerprint density at radius 3 is 2.70 bits per heavy atom. The van der Waals surface area contributed by atoms with Gasteiger partial charge in [-0.25, -0.2) is 4.68 Å². The van der Waals surface area contributed by atoms with Crippen LogP contribution in [0.3, 0.4) is 0 Å². The van der Waals surface area contributed by atoms with Crippen LogP contribution in [0.2, 0.25) is 5.02 Å². The van der Waals surface area contributed by atoms with Crippen LogP contribution in [0, 0.1) is 4.77 Å². The summed E-state index contributed by atoms with van der Waals surface area (Å²) in [6, 6.07) is 11.0. The lowest BCUT2D eigenvalue weighted by atomic mass is 10.3. The van der Waals surface area contributed by atoms with E-state index < -0.39 is 0 Å². The Balaban J connectivity index is 1.67. The van der Waals surface area contributed by atoms with Crippen molar-refractivity contribution < 1.29 is 4.79 Å². The summed E-state index contributed by atoms with van der Waals surface area (Å²) in [4.78, 5) is 15.2. The molecule has 0 bridgehead atoms. The van der Waals surface area contributed by atoms with Crippen LogP contribution in [0.4, 0.5) is 5.69 Å². The van der Waals surface area contributed by atoms with Gasteiger partial charge in [0.2, 0.25) is 5.91 Å². The predicted molar refractivity (Wildman–Crippen MR) is 113 cm³/mol. The van der Waals surface area contributed by atoms with Gasteiger partial charge in [0, 0.05) is 17.3 Å². The van der Waals surface area contributed by atoms with E-state index in [0.29, 0.717) is 22.1 Å². The number of halogens is 1. The quantitative estimate of drug-likeness (QED) is 0.576. The van der Waals surface area contributed by atoms with Crippen molar-refractivity contribution in [2.45, 2.75) is 20.1 Å². The Labute approximate surface area is 172 Å². The maximum absolute atomic E-state index is 12.3. The van der Waals surface area contributed by atoms with Gasteiger partial charge < -0.3 is 5.32 Å². The molecule has 0 aliphatic rings. The Kier molecular flexibility index (Phi) is 6.43. The number of nitrogens with one attached hydrogen (secondary N) is 1. The molecule has 6 nitrogen and oxygen atoms in total. The third kappa shape index (κ3) is 4.84. The number of nitrogens with zero attached hydrogens (tertiary/aromatic N) is 4. The lowest BCUT2D eigenvalue weighted by molar-refractivity contribution is -0.117. The zero-order chi connectivity index (χ0) is 19.4. The topological polar surface area (TPSA) is 55.1 Å². The van der Waals surface area contributed by atoms with Gasteiger partial charge in [0.1, 0.15) is 0 Å². The lowest BCUT2D eigenvalue weighted by Crippen LogP contribution is -2.32. The van der Waals surface area contributed by atoms with E-state index >= 15 is 0 Å². The molecule has 1 N–H and O–H groups in total. The van der Waals surface area contributed by atoms with Crippen molar-refractivity contribution >= 4 is 46.8 Å². The van der Waals surface area contributed by atoms with E-state index in [0.717, 1.165) is 17.2 Å². The number of aromatic nitrogens is 3. The minimum atomic E-state index is -0.111. The third-order valence-electron chi connectivity index (χ3n) is 3.90. The number of likely N-dealkylation sites (N-methyl/N-ethyl adjacent to an activating group) is 1. The summed E-state index contributed by atoms with van der Waals surface area (Å²) in [5.41, 5.74) is 0.713.